The summed E-state index contributed by atoms with van der Waals surface area (Å²) in [5, 5.41) is 3.81. The van der Waals surface area contributed by atoms with Gasteiger partial charge in [0.1, 0.15) is 5.66 Å². The minimum Gasteiger partial charge on any atom is -0.288 e. The van der Waals surface area contributed by atoms with E-state index in [-0.39, 0.29) is 11.2 Å². The van der Waals surface area contributed by atoms with Crippen LogP contribution in [0.1, 0.15) is 79.6 Å². The molecule has 0 spiro atoms. The van der Waals surface area contributed by atoms with Gasteiger partial charge in [0.15, 0.2) is 0 Å². The largest absolute Gasteiger partial charge is 0.288 e. The molecule has 1 heterocycles. The van der Waals surface area contributed by atoms with Gasteiger partial charge in [-0.2, -0.15) is 0 Å². The lowest BCUT2D eigenvalue weighted by atomic mass is 9.84. The van der Waals surface area contributed by atoms with Crippen LogP contribution in [0.2, 0.25) is 0 Å². The van der Waals surface area contributed by atoms with E-state index in [2.05, 4.69) is 39.9 Å². The van der Waals surface area contributed by atoms with Gasteiger partial charge in [-0.05, 0) is 33.1 Å². The Morgan fingerprint density at radius 1 is 1.06 bits per heavy atom. The molecule has 100 valence electrons. The predicted octanol–water partition coefficient (Wildman–Crippen LogP) is 4.30. The van der Waals surface area contributed by atoms with Crippen molar-refractivity contribution >= 4 is 5.71 Å². The highest BCUT2D eigenvalue weighted by atomic mass is 15.2. The van der Waals surface area contributed by atoms with Gasteiger partial charge in [0.25, 0.3) is 0 Å². The molecule has 0 fully saturated rings. The Bertz CT molecular complexity index is 272. The van der Waals surface area contributed by atoms with E-state index in [1.165, 1.54) is 37.8 Å². The second-order valence-electron chi connectivity index (χ2n) is 6.06. The summed E-state index contributed by atoms with van der Waals surface area (Å²) in [6.45, 7) is 11.4. The van der Waals surface area contributed by atoms with Crippen LogP contribution in [0.15, 0.2) is 4.99 Å². The zero-order chi connectivity index (χ0) is 12.9. The highest BCUT2D eigenvalue weighted by molar-refractivity contribution is 5.86. The van der Waals surface area contributed by atoms with Gasteiger partial charge in [-0.15, -0.1) is 0 Å². The third kappa shape index (κ3) is 4.09. The molecule has 1 aliphatic rings. The SMILES string of the molecule is CCCC1=NC(C)(CCC)NC(C)(CCC)C1. The van der Waals surface area contributed by atoms with Crippen LogP contribution >= 0.6 is 0 Å². The molecule has 0 bridgehead atoms. The third-order valence-corrected chi connectivity index (χ3v) is 3.65. The molecule has 0 saturated carbocycles. The van der Waals surface area contributed by atoms with Crippen molar-refractivity contribution in [3.05, 3.63) is 0 Å². The fraction of sp³-hybridized carbons (Fsp3) is 0.933. The Morgan fingerprint density at radius 3 is 2.24 bits per heavy atom. The van der Waals surface area contributed by atoms with Crippen LogP contribution in [0, 0.1) is 0 Å². The monoisotopic (exact) mass is 238 g/mol. The predicted molar refractivity (Wildman–Crippen MR) is 76.7 cm³/mol. The molecule has 2 heteroatoms. The molecule has 1 rings (SSSR count). The maximum absolute atomic E-state index is 4.98. The highest BCUT2D eigenvalue weighted by Gasteiger charge is 2.37. The molecule has 1 N–H and O–H groups in total. The second kappa shape index (κ2) is 5.99. The first kappa shape index (κ1) is 14.7. The fourth-order valence-electron chi connectivity index (χ4n) is 3.30. The van der Waals surface area contributed by atoms with Gasteiger partial charge in [0.05, 0.1) is 0 Å². The number of nitrogens with zero attached hydrogens (tertiary/aromatic N) is 1. The zero-order valence-electron chi connectivity index (χ0n) is 12.4. The fourth-order valence-corrected chi connectivity index (χ4v) is 3.30. The summed E-state index contributed by atoms with van der Waals surface area (Å²) in [5.41, 5.74) is 1.66. The molecule has 0 aromatic heterocycles. The summed E-state index contributed by atoms with van der Waals surface area (Å²) < 4.78 is 0. The molecule has 2 nitrogen and oxygen atoms in total. The molecule has 0 saturated heterocycles. The number of nitrogens with one attached hydrogen (secondary N) is 1. The van der Waals surface area contributed by atoms with Crippen molar-refractivity contribution in [3.8, 4) is 0 Å². The molecule has 0 amide bonds. The molecular formula is C15H30N2. The zero-order valence-corrected chi connectivity index (χ0v) is 12.4. The summed E-state index contributed by atoms with van der Waals surface area (Å²) in [5.74, 6) is 0. The summed E-state index contributed by atoms with van der Waals surface area (Å²) in [6, 6.07) is 0. The number of hydrogen-bond donors (Lipinski definition) is 1. The standard InChI is InChI=1S/C15H30N2/c1-6-9-13-12-14(4,10-7-2)17-15(5,16-13)11-8-3/h17H,6-12H2,1-5H3. The van der Waals surface area contributed by atoms with Crippen LogP contribution in [-0.4, -0.2) is 16.9 Å². The van der Waals surface area contributed by atoms with Gasteiger partial charge in [0.2, 0.25) is 0 Å². The Hall–Kier alpha value is -0.370. The van der Waals surface area contributed by atoms with E-state index in [1.54, 1.807) is 0 Å². The van der Waals surface area contributed by atoms with Crippen LogP contribution < -0.4 is 5.32 Å². The lowest BCUT2D eigenvalue weighted by molar-refractivity contribution is 0.201. The average molecular weight is 238 g/mol. The van der Waals surface area contributed by atoms with E-state index in [0.29, 0.717) is 0 Å². The Morgan fingerprint density at radius 2 is 1.71 bits per heavy atom. The molecule has 2 atom stereocenters. The van der Waals surface area contributed by atoms with Gasteiger partial charge in [-0.1, -0.05) is 40.0 Å². The number of rotatable bonds is 6. The summed E-state index contributed by atoms with van der Waals surface area (Å²) in [4.78, 5) is 4.98. The van der Waals surface area contributed by atoms with Crippen LogP contribution in [0.5, 0.6) is 0 Å². The van der Waals surface area contributed by atoms with Crippen molar-refractivity contribution in [1.82, 2.24) is 5.32 Å². The third-order valence-electron chi connectivity index (χ3n) is 3.65. The van der Waals surface area contributed by atoms with E-state index < -0.39 is 0 Å². The van der Waals surface area contributed by atoms with Gasteiger partial charge in [-0.3, -0.25) is 10.3 Å². The summed E-state index contributed by atoms with van der Waals surface area (Å²) in [6.07, 6.45) is 8.33. The normalized spacial score (nSPS) is 33.6. The molecule has 1 aliphatic heterocycles. The molecular weight excluding hydrogens is 208 g/mol. The summed E-state index contributed by atoms with van der Waals surface area (Å²) >= 11 is 0. The van der Waals surface area contributed by atoms with E-state index in [0.717, 1.165) is 12.8 Å². The van der Waals surface area contributed by atoms with Crippen LogP contribution in [0.3, 0.4) is 0 Å². The van der Waals surface area contributed by atoms with Crippen molar-refractivity contribution in [2.75, 3.05) is 0 Å². The van der Waals surface area contributed by atoms with Crippen LogP contribution in [-0.2, 0) is 0 Å². The number of aliphatic imine (C=N–C) groups is 1. The van der Waals surface area contributed by atoms with E-state index in [1.807, 2.05) is 0 Å². The van der Waals surface area contributed by atoms with Crippen molar-refractivity contribution in [2.24, 2.45) is 4.99 Å². The first-order valence-corrected chi connectivity index (χ1v) is 7.34. The van der Waals surface area contributed by atoms with Crippen molar-refractivity contribution in [1.29, 1.82) is 0 Å². The lowest BCUT2D eigenvalue weighted by Crippen LogP contribution is -2.58. The Kier molecular flexibility index (Phi) is 5.18. The number of hydrogen-bond acceptors (Lipinski definition) is 2. The Labute approximate surface area is 107 Å². The molecule has 2 unspecified atom stereocenters. The average Bonchev–Trinajstić information content (AvgIpc) is 2.15. The lowest BCUT2D eigenvalue weighted by Gasteiger charge is -2.44. The van der Waals surface area contributed by atoms with Gasteiger partial charge in [0, 0.05) is 17.7 Å². The van der Waals surface area contributed by atoms with Crippen molar-refractivity contribution in [3.63, 3.8) is 0 Å². The topological polar surface area (TPSA) is 24.4 Å². The Balaban J connectivity index is 2.88. The van der Waals surface area contributed by atoms with Crippen molar-refractivity contribution in [2.45, 2.75) is 90.8 Å². The first-order valence-electron chi connectivity index (χ1n) is 7.34. The van der Waals surface area contributed by atoms with E-state index in [9.17, 15) is 0 Å². The van der Waals surface area contributed by atoms with Crippen molar-refractivity contribution < 1.29 is 0 Å². The minimum atomic E-state index is -0.0264. The van der Waals surface area contributed by atoms with Gasteiger partial charge >= 0.3 is 0 Å². The first-order chi connectivity index (χ1) is 7.97. The van der Waals surface area contributed by atoms with Crippen LogP contribution in [0.4, 0.5) is 0 Å². The molecule has 0 aliphatic carbocycles. The molecule has 0 aromatic carbocycles. The van der Waals surface area contributed by atoms with Crippen LogP contribution in [0.25, 0.3) is 0 Å². The smallest absolute Gasteiger partial charge is 0.108 e. The highest BCUT2D eigenvalue weighted by Crippen LogP contribution is 2.31. The van der Waals surface area contributed by atoms with Gasteiger partial charge < -0.3 is 0 Å². The molecule has 0 aromatic rings. The van der Waals surface area contributed by atoms with Gasteiger partial charge in [-0.25, -0.2) is 0 Å². The molecule has 0 radical (unpaired) electrons. The summed E-state index contributed by atoms with van der Waals surface area (Å²) in [7, 11) is 0. The quantitative estimate of drug-likeness (QED) is 0.733. The molecule has 17 heavy (non-hydrogen) atoms. The van der Waals surface area contributed by atoms with E-state index >= 15 is 0 Å². The maximum atomic E-state index is 4.98. The minimum absolute atomic E-state index is 0.0264. The second-order valence-corrected chi connectivity index (χ2v) is 6.06. The van der Waals surface area contributed by atoms with E-state index in [4.69, 9.17) is 4.99 Å². The maximum Gasteiger partial charge on any atom is 0.108 e.